The van der Waals surface area contributed by atoms with Crippen LogP contribution in [0.4, 0.5) is 4.39 Å². The summed E-state index contributed by atoms with van der Waals surface area (Å²) in [5, 5.41) is 0.430. The Morgan fingerprint density at radius 1 is 1.15 bits per heavy atom. The molecule has 0 N–H and O–H groups in total. The Kier molecular flexibility index (Phi) is 6.47. The Labute approximate surface area is 196 Å². The van der Waals surface area contributed by atoms with Crippen LogP contribution < -0.4 is 4.74 Å². The summed E-state index contributed by atoms with van der Waals surface area (Å²) in [4.78, 5) is 45.3. The Morgan fingerprint density at radius 3 is 2.50 bits per heavy atom. The first-order valence-corrected chi connectivity index (χ1v) is 11.1. The van der Waals surface area contributed by atoms with E-state index in [9.17, 15) is 18.8 Å². The zero-order chi connectivity index (χ0) is 24.6. The van der Waals surface area contributed by atoms with Gasteiger partial charge in [0.25, 0.3) is 5.91 Å². The number of benzene rings is 1. The molecule has 0 bridgehead atoms. The first-order chi connectivity index (χ1) is 16.2. The van der Waals surface area contributed by atoms with Gasteiger partial charge in [-0.1, -0.05) is 12.1 Å². The third-order valence-corrected chi connectivity index (χ3v) is 6.39. The predicted molar refractivity (Wildman–Crippen MR) is 124 cm³/mol. The zero-order valence-electron chi connectivity index (χ0n) is 19.6. The largest absolute Gasteiger partial charge is 0.480 e. The van der Waals surface area contributed by atoms with Gasteiger partial charge in [-0.05, 0) is 37.6 Å². The summed E-state index contributed by atoms with van der Waals surface area (Å²) in [5.41, 5.74) is 1.89. The second-order valence-electron chi connectivity index (χ2n) is 8.76. The number of halogens is 1. The van der Waals surface area contributed by atoms with Gasteiger partial charge in [-0.3, -0.25) is 19.3 Å². The van der Waals surface area contributed by atoms with E-state index in [-0.39, 0.29) is 47.1 Å². The maximum absolute atomic E-state index is 13.6. The summed E-state index contributed by atoms with van der Waals surface area (Å²) < 4.78 is 20.3. The highest BCUT2D eigenvalue weighted by atomic mass is 19.1. The fraction of sp³-hybridized carbons (Fsp3) is 0.360. The quantitative estimate of drug-likeness (QED) is 0.316. The van der Waals surface area contributed by atoms with Crippen molar-refractivity contribution in [2.75, 3.05) is 20.2 Å². The molecule has 0 aliphatic carbocycles. The van der Waals surface area contributed by atoms with Gasteiger partial charge in [0.05, 0.1) is 12.7 Å². The van der Waals surface area contributed by atoms with Crippen LogP contribution in [-0.4, -0.2) is 69.6 Å². The van der Waals surface area contributed by atoms with E-state index < -0.39 is 5.78 Å². The molecule has 3 heterocycles. The number of hydrogen-bond donors (Lipinski definition) is 0. The highest BCUT2D eigenvalue weighted by Gasteiger charge is 2.34. The smallest absolute Gasteiger partial charge is 0.259 e. The van der Waals surface area contributed by atoms with E-state index in [2.05, 4.69) is 9.88 Å². The highest BCUT2D eigenvalue weighted by molar-refractivity contribution is 6.36. The minimum Gasteiger partial charge on any atom is -0.480 e. The first-order valence-electron chi connectivity index (χ1n) is 11.1. The molecule has 1 aliphatic heterocycles. The maximum atomic E-state index is 13.6. The van der Waals surface area contributed by atoms with E-state index >= 15 is 0 Å². The van der Waals surface area contributed by atoms with Gasteiger partial charge in [0, 0.05) is 50.3 Å². The molecular formula is C25H27FN4O4. The van der Waals surface area contributed by atoms with Crippen molar-refractivity contribution in [2.45, 2.75) is 32.5 Å². The Hall–Kier alpha value is -3.59. The molecule has 0 radical (unpaired) electrons. The topological polar surface area (TPSA) is 84.7 Å². The molecule has 1 aromatic carbocycles. The lowest BCUT2D eigenvalue weighted by atomic mass is 10.0. The number of fused-ring (bicyclic) bond motifs is 1. The number of Topliss-reactive ketones (excluding diaryl/α,β-unsaturated/α-hetero) is 1. The van der Waals surface area contributed by atoms with Gasteiger partial charge in [0.2, 0.25) is 11.7 Å². The summed E-state index contributed by atoms with van der Waals surface area (Å²) in [7, 11) is 3.15. The van der Waals surface area contributed by atoms with Crippen molar-refractivity contribution < 1.29 is 23.5 Å². The predicted octanol–water partition coefficient (Wildman–Crippen LogP) is 2.84. The fourth-order valence-electron chi connectivity index (χ4n) is 4.53. The number of aromatic nitrogens is 2. The molecule has 8 nitrogen and oxygen atoms in total. The molecular weight excluding hydrogens is 439 g/mol. The molecule has 2 atom stereocenters. The number of aryl methyl sites for hydroxylation is 1. The number of carbonyl (C=O) groups excluding carboxylic acids is 3. The van der Waals surface area contributed by atoms with Crippen LogP contribution in [0.1, 0.15) is 40.1 Å². The molecule has 0 saturated carbocycles. The van der Waals surface area contributed by atoms with Crippen molar-refractivity contribution in [3.8, 4) is 5.88 Å². The second-order valence-corrected chi connectivity index (χ2v) is 8.76. The van der Waals surface area contributed by atoms with Gasteiger partial charge < -0.3 is 14.2 Å². The number of ether oxygens (including phenoxy) is 1. The molecule has 1 unspecified atom stereocenters. The van der Waals surface area contributed by atoms with Crippen molar-refractivity contribution in [3.63, 3.8) is 0 Å². The molecule has 0 spiro atoms. The van der Waals surface area contributed by atoms with Crippen LogP contribution in [0.25, 0.3) is 11.0 Å². The molecule has 2 aromatic heterocycles. The molecule has 1 fully saturated rings. The number of aldehydes is 1. The van der Waals surface area contributed by atoms with Gasteiger partial charge in [0.1, 0.15) is 17.0 Å². The SMILES string of the molecule is COc1nc2c(cc1C(=O)N1C[C@H](C)N(Cc3ccc(F)cc3)CC1C)c(C(=O)C=O)cn2C. The number of carbonyl (C=O) groups is 3. The minimum absolute atomic E-state index is 0.0665. The van der Waals surface area contributed by atoms with Crippen LogP contribution in [0.3, 0.4) is 0 Å². The number of rotatable bonds is 6. The van der Waals surface area contributed by atoms with Crippen LogP contribution in [0.5, 0.6) is 5.88 Å². The van der Waals surface area contributed by atoms with Crippen LogP contribution in [0.15, 0.2) is 36.5 Å². The average molecular weight is 467 g/mol. The molecule has 34 heavy (non-hydrogen) atoms. The molecule has 1 amide bonds. The summed E-state index contributed by atoms with van der Waals surface area (Å²) in [5.74, 6) is -1.03. The van der Waals surface area contributed by atoms with E-state index in [1.165, 1.54) is 25.4 Å². The number of hydrogen-bond acceptors (Lipinski definition) is 6. The monoisotopic (exact) mass is 466 g/mol. The zero-order valence-corrected chi connectivity index (χ0v) is 19.6. The number of nitrogens with zero attached hydrogens (tertiary/aromatic N) is 4. The number of ketones is 1. The number of pyridine rings is 1. The van der Waals surface area contributed by atoms with Crippen molar-refractivity contribution in [3.05, 3.63) is 59.0 Å². The standard InChI is InChI=1S/C25H27FN4O4/c1-15-11-30(16(2)10-29(15)12-17-5-7-18(26)8-6-17)25(33)20-9-19-21(22(32)14-31)13-28(3)23(19)27-24(20)34-4/h5-9,13-16H,10-12H2,1-4H3/t15-,16?/m0/s1. The molecule has 9 heteroatoms. The normalized spacial score (nSPS) is 18.8. The first kappa shape index (κ1) is 23.6. The molecule has 178 valence electrons. The molecule has 3 aromatic rings. The number of methoxy groups -OCH3 is 1. The van der Waals surface area contributed by atoms with Crippen molar-refractivity contribution in [1.82, 2.24) is 19.4 Å². The van der Waals surface area contributed by atoms with Gasteiger partial charge in [-0.25, -0.2) is 4.39 Å². The Bertz CT molecular complexity index is 1250. The van der Waals surface area contributed by atoms with Crippen molar-refractivity contribution in [1.29, 1.82) is 0 Å². The lowest BCUT2D eigenvalue weighted by Crippen LogP contribution is -2.57. The number of piperazine rings is 1. The third-order valence-electron chi connectivity index (χ3n) is 6.39. The molecule has 4 rings (SSSR count). The van der Waals surface area contributed by atoms with Crippen LogP contribution in [0, 0.1) is 5.82 Å². The fourth-order valence-corrected chi connectivity index (χ4v) is 4.53. The van der Waals surface area contributed by atoms with Gasteiger partial charge in [-0.15, -0.1) is 0 Å². The van der Waals surface area contributed by atoms with Crippen LogP contribution in [0.2, 0.25) is 0 Å². The van der Waals surface area contributed by atoms with E-state index in [0.717, 1.165) is 5.56 Å². The summed E-state index contributed by atoms with van der Waals surface area (Å²) in [6, 6.07) is 8.00. The van der Waals surface area contributed by atoms with Crippen LogP contribution in [-0.2, 0) is 18.4 Å². The summed E-state index contributed by atoms with van der Waals surface area (Å²) in [6.07, 6.45) is 1.78. The van der Waals surface area contributed by atoms with Crippen molar-refractivity contribution in [2.24, 2.45) is 7.05 Å². The van der Waals surface area contributed by atoms with Crippen molar-refractivity contribution >= 4 is 29.0 Å². The van der Waals surface area contributed by atoms with Gasteiger partial charge >= 0.3 is 0 Å². The molecule has 1 saturated heterocycles. The maximum Gasteiger partial charge on any atom is 0.259 e. The van der Waals surface area contributed by atoms with E-state index in [1.807, 2.05) is 13.8 Å². The van der Waals surface area contributed by atoms with E-state index in [4.69, 9.17) is 4.74 Å². The number of amides is 1. The highest BCUT2D eigenvalue weighted by Crippen LogP contribution is 2.29. The minimum atomic E-state index is -0.674. The summed E-state index contributed by atoms with van der Waals surface area (Å²) in [6.45, 7) is 5.81. The summed E-state index contributed by atoms with van der Waals surface area (Å²) >= 11 is 0. The third kappa shape index (κ3) is 4.31. The average Bonchev–Trinajstić information content (AvgIpc) is 3.16. The van der Waals surface area contributed by atoms with Crippen LogP contribution >= 0.6 is 0 Å². The van der Waals surface area contributed by atoms with Gasteiger partial charge in [0.15, 0.2) is 6.29 Å². The van der Waals surface area contributed by atoms with Gasteiger partial charge in [-0.2, -0.15) is 4.98 Å². The lowest BCUT2D eigenvalue weighted by Gasteiger charge is -2.44. The van der Waals surface area contributed by atoms with E-state index in [0.29, 0.717) is 30.7 Å². The lowest BCUT2D eigenvalue weighted by molar-refractivity contribution is -0.104. The second kappa shape index (κ2) is 9.34. The molecule has 1 aliphatic rings. The Balaban J connectivity index is 1.62. The Morgan fingerprint density at radius 2 is 1.85 bits per heavy atom. The van der Waals surface area contributed by atoms with E-state index in [1.54, 1.807) is 34.7 Å².